The number of fused-ring (bicyclic) bond motifs is 2. The molecule has 3 aliphatic heterocycles. The summed E-state index contributed by atoms with van der Waals surface area (Å²) in [5, 5.41) is 0. The maximum atomic E-state index is 13.7. The zero-order valence-corrected chi connectivity index (χ0v) is 20.4. The molecule has 0 bridgehead atoms. The summed E-state index contributed by atoms with van der Waals surface area (Å²) in [5.74, 6) is -0.200. The van der Waals surface area contributed by atoms with Crippen molar-refractivity contribution >= 4 is 21.6 Å². The average Bonchev–Trinajstić information content (AvgIpc) is 3.56. The molecule has 6 rings (SSSR count). The largest absolute Gasteiger partial charge is 0.351 e. The first-order valence-electron chi connectivity index (χ1n) is 11.6. The molecule has 1 aromatic heterocycles. The van der Waals surface area contributed by atoms with E-state index in [4.69, 9.17) is 0 Å². The van der Waals surface area contributed by atoms with E-state index in [0.29, 0.717) is 22.9 Å². The van der Waals surface area contributed by atoms with E-state index in [1.165, 1.54) is 23.3 Å². The average molecular weight is 515 g/mol. The van der Waals surface area contributed by atoms with E-state index in [2.05, 4.69) is 29.9 Å². The molecular formula is C25H22N8O3S. The number of rotatable bonds is 5. The SMILES string of the molecule is O=C(c1[nH]cnc2ncnc1-2)N1CCN(S(=O)(=O)Cc2c[nH]cn2)c2ccc(-c3ccccc3)cc2C1. The first-order valence-corrected chi connectivity index (χ1v) is 13.2. The number of anilines is 1. The lowest BCUT2D eigenvalue weighted by atomic mass is 10.0. The van der Waals surface area contributed by atoms with Crippen molar-refractivity contribution in [3.63, 3.8) is 0 Å². The Morgan fingerprint density at radius 3 is 2.62 bits per heavy atom. The van der Waals surface area contributed by atoms with Crippen molar-refractivity contribution in [2.24, 2.45) is 0 Å². The van der Waals surface area contributed by atoms with E-state index in [9.17, 15) is 13.2 Å². The number of imidazole rings is 2. The van der Waals surface area contributed by atoms with Crippen LogP contribution in [0.3, 0.4) is 0 Å². The normalized spacial score (nSPS) is 13.9. The number of amides is 1. The second-order valence-electron chi connectivity index (χ2n) is 8.65. The van der Waals surface area contributed by atoms with Crippen molar-refractivity contribution in [2.75, 3.05) is 17.4 Å². The molecule has 1 amide bonds. The third kappa shape index (κ3) is 4.31. The smallest absolute Gasteiger partial charge is 0.273 e. The molecule has 0 fully saturated rings. The number of nitrogens with one attached hydrogen (secondary N) is 2. The second kappa shape index (κ2) is 9.13. The number of hydrogen-bond acceptors (Lipinski definition) is 7. The van der Waals surface area contributed by atoms with Crippen molar-refractivity contribution in [1.29, 1.82) is 0 Å². The fourth-order valence-electron chi connectivity index (χ4n) is 4.56. The van der Waals surface area contributed by atoms with E-state index in [-0.39, 0.29) is 37.0 Å². The summed E-state index contributed by atoms with van der Waals surface area (Å²) >= 11 is 0. The summed E-state index contributed by atoms with van der Waals surface area (Å²) in [6.45, 7) is 0.492. The molecule has 3 aliphatic rings. The van der Waals surface area contributed by atoms with Crippen LogP contribution < -0.4 is 4.31 Å². The van der Waals surface area contributed by atoms with Crippen LogP contribution in [0.1, 0.15) is 21.7 Å². The molecule has 0 spiro atoms. The number of benzene rings is 2. The van der Waals surface area contributed by atoms with Crippen LogP contribution in [-0.2, 0) is 22.3 Å². The van der Waals surface area contributed by atoms with Crippen molar-refractivity contribution in [1.82, 2.24) is 34.8 Å². The van der Waals surface area contributed by atoms with E-state index in [1.54, 1.807) is 11.1 Å². The van der Waals surface area contributed by atoms with Gasteiger partial charge in [-0.15, -0.1) is 0 Å². The van der Waals surface area contributed by atoms with Gasteiger partial charge in [0.1, 0.15) is 23.5 Å². The van der Waals surface area contributed by atoms with Gasteiger partial charge in [-0.05, 0) is 28.8 Å². The number of sulfonamides is 1. The fourth-order valence-corrected chi connectivity index (χ4v) is 6.08. The Kier molecular flexibility index (Phi) is 5.64. The molecular weight excluding hydrogens is 492 g/mol. The number of nitrogens with zero attached hydrogens (tertiary/aromatic N) is 6. The summed E-state index contributed by atoms with van der Waals surface area (Å²) in [6.07, 6.45) is 5.78. The van der Waals surface area contributed by atoms with Gasteiger partial charge in [0.25, 0.3) is 5.91 Å². The molecule has 0 saturated carbocycles. The number of hydrogen-bond donors (Lipinski definition) is 2. The van der Waals surface area contributed by atoms with Gasteiger partial charge in [-0.3, -0.25) is 9.10 Å². The highest BCUT2D eigenvalue weighted by Crippen LogP contribution is 2.33. The van der Waals surface area contributed by atoms with Crippen LogP contribution in [0.25, 0.3) is 22.6 Å². The summed E-state index contributed by atoms with van der Waals surface area (Å²) in [5.41, 5.74) is 4.24. The van der Waals surface area contributed by atoms with E-state index >= 15 is 0 Å². The molecule has 0 saturated heterocycles. The van der Waals surface area contributed by atoms with E-state index in [1.807, 2.05) is 48.5 Å². The van der Waals surface area contributed by atoms with Gasteiger partial charge in [0.2, 0.25) is 10.0 Å². The fraction of sp³-hybridized carbons (Fsp3) is 0.160. The number of H-pyrrole nitrogens is 2. The predicted molar refractivity (Wildman–Crippen MR) is 136 cm³/mol. The molecule has 0 atom stereocenters. The van der Waals surface area contributed by atoms with Crippen LogP contribution in [0.15, 0.2) is 73.7 Å². The van der Waals surface area contributed by atoms with E-state index in [0.717, 1.165) is 16.7 Å². The summed E-state index contributed by atoms with van der Waals surface area (Å²) < 4.78 is 28.5. The highest BCUT2D eigenvalue weighted by Gasteiger charge is 2.32. The molecule has 3 aromatic rings. The van der Waals surface area contributed by atoms with Gasteiger partial charge in [0, 0.05) is 19.3 Å². The summed E-state index contributed by atoms with van der Waals surface area (Å²) in [6, 6.07) is 15.5. The minimum Gasteiger partial charge on any atom is -0.351 e. The summed E-state index contributed by atoms with van der Waals surface area (Å²) in [4.78, 5) is 37.4. The maximum Gasteiger partial charge on any atom is 0.273 e. The van der Waals surface area contributed by atoms with Crippen LogP contribution in [0.5, 0.6) is 0 Å². The third-order valence-electron chi connectivity index (χ3n) is 6.32. The quantitative estimate of drug-likeness (QED) is 0.367. The Bertz CT molecular complexity index is 1630. The lowest BCUT2D eigenvalue weighted by molar-refractivity contribution is 0.0746. The topological polar surface area (TPSA) is 141 Å². The van der Waals surface area contributed by atoms with Crippen LogP contribution in [0, 0.1) is 0 Å². The standard InChI is InChI=1S/C25H22N8O3S/c34-25(23-22-24(30-15-28-22)31-16-29-23)32-8-9-33(37(35,36)13-20-11-26-14-27-20)21-7-6-18(10-19(21)12-32)17-4-2-1-3-5-17/h1-7,10-11,14-16H,8-9,12-13H2,(H,26,27)(H,28,29,30,31). The third-order valence-corrected chi connectivity index (χ3v) is 8.03. The molecule has 12 heteroatoms. The van der Waals surface area contributed by atoms with Crippen LogP contribution in [-0.4, -0.2) is 62.2 Å². The highest BCUT2D eigenvalue weighted by molar-refractivity contribution is 7.92. The number of carbonyl (C=O) groups is 1. The van der Waals surface area contributed by atoms with Crippen LogP contribution in [0.2, 0.25) is 0 Å². The van der Waals surface area contributed by atoms with Crippen molar-refractivity contribution in [3.05, 3.63) is 90.7 Å². The molecule has 2 aromatic carbocycles. The van der Waals surface area contributed by atoms with Crippen molar-refractivity contribution in [2.45, 2.75) is 12.3 Å². The molecule has 11 nitrogen and oxygen atoms in total. The molecule has 4 heterocycles. The molecule has 0 unspecified atom stereocenters. The zero-order valence-electron chi connectivity index (χ0n) is 19.6. The molecule has 186 valence electrons. The molecule has 0 aliphatic carbocycles. The molecule has 37 heavy (non-hydrogen) atoms. The zero-order chi connectivity index (χ0) is 25.4. The molecule has 2 N–H and O–H groups in total. The Hall–Kier alpha value is -4.58. The minimum absolute atomic E-state index is 0.0943. The van der Waals surface area contributed by atoms with Gasteiger partial charge >= 0.3 is 0 Å². The first kappa shape index (κ1) is 22.9. The summed E-state index contributed by atoms with van der Waals surface area (Å²) in [7, 11) is -3.79. The van der Waals surface area contributed by atoms with Gasteiger partial charge in [-0.1, -0.05) is 36.4 Å². The van der Waals surface area contributed by atoms with Gasteiger partial charge in [-0.2, -0.15) is 0 Å². The highest BCUT2D eigenvalue weighted by atomic mass is 32.2. The van der Waals surface area contributed by atoms with Crippen molar-refractivity contribution in [3.8, 4) is 22.6 Å². The Labute approximate surface area is 212 Å². The van der Waals surface area contributed by atoms with E-state index < -0.39 is 10.0 Å². The van der Waals surface area contributed by atoms with Crippen LogP contribution in [0.4, 0.5) is 5.69 Å². The Morgan fingerprint density at radius 1 is 0.946 bits per heavy atom. The Balaban J connectivity index is 1.41. The van der Waals surface area contributed by atoms with Gasteiger partial charge in [0.15, 0.2) is 5.82 Å². The van der Waals surface area contributed by atoms with Gasteiger partial charge in [0.05, 0.1) is 30.6 Å². The number of aromatic nitrogens is 6. The number of aromatic amines is 2. The Morgan fingerprint density at radius 2 is 1.81 bits per heavy atom. The predicted octanol–water partition coefficient (Wildman–Crippen LogP) is 2.69. The molecule has 0 radical (unpaired) electrons. The maximum absolute atomic E-state index is 13.7. The second-order valence-corrected chi connectivity index (χ2v) is 10.5. The first-order chi connectivity index (χ1) is 18.0. The minimum atomic E-state index is -3.79. The number of carbonyl (C=O) groups excluding carboxylic acids is 1. The van der Waals surface area contributed by atoms with Crippen LogP contribution >= 0.6 is 0 Å². The lowest BCUT2D eigenvalue weighted by Crippen LogP contribution is -2.39. The monoisotopic (exact) mass is 514 g/mol. The van der Waals surface area contributed by atoms with Crippen molar-refractivity contribution < 1.29 is 13.2 Å². The lowest BCUT2D eigenvalue weighted by Gasteiger charge is -2.24. The van der Waals surface area contributed by atoms with Gasteiger partial charge in [-0.25, -0.2) is 28.4 Å². The van der Waals surface area contributed by atoms with Gasteiger partial charge < -0.3 is 14.9 Å².